The summed E-state index contributed by atoms with van der Waals surface area (Å²) in [5.74, 6) is 0.520. The smallest absolute Gasteiger partial charge is 0.255 e. The average Bonchev–Trinajstić information content (AvgIpc) is 2.91. The second kappa shape index (κ2) is 7.18. The Morgan fingerprint density at radius 3 is 2.42 bits per heavy atom. The van der Waals surface area contributed by atoms with Gasteiger partial charge in [-0.2, -0.15) is 0 Å². The SMILES string of the molecule is Cc1ccccc1C(=O)N1[C@@H](C(=O)NC(C)C)CS[C@H]1C(C)(C)C. The van der Waals surface area contributed by atoms with Crippen molar-refractivity contribution in [1.82, 2.24) is 10.2 Å². The number of nitrogens with one attached hydrogen (secondary N) is 1. The van der Waals surface area contributed by atoms with Crippen molar-refractivity contribution in [3.05, 3.63) is 35.4 Å². The van der Waals surface area contributed by atoms with Crippen LogP contribution in [0.2, 0.25) is 0 Å². The van der Waals surface area contributed by atoms with E-state index < -0.39 is 6.04 Å². The fourth-order valence-electron chi connectivity index (χ4n) is 2.96. The van der Waals surface area contributed by atoms with E-state index in [1.54, 1.807) is 16.7 Å². The van der Waals surface area contributed by atoms with E-state index >= 15 is 0 Å². The average molecular weight is 349 g/mol. The quantitative estimate of drug-likeness (QED) is 0.910. The Morgan fingerprint density at radius 1 is 1.25 bits per heavy atom. The van der Waals surface area contributed by atoms with Gasteiger partial charge in [-0.1, -0.05) is 39.0 Å². The van der Waals surface area contributed by atoms with Gasteiger partial charge in [0.15, 0.2) is 0 Å². The lowest BCUT2D eigenvalue weighted by atomic mass is 9.94. The highest BCUT2D eigenvalue weighted by atomic mass is 32.2. The normalized spacial score (nSPS) is 21.2. The molecular weight excluding hydrogens is 320 g/mol. The third-order valence-electron chi connectivity index (χ3n) is 4.08. The summed E-state index contributed by atoms with van der Waals surface area (Å²) in [6.45, 7) is 12.2. The van der Waals surface area contributed by atoms with Gasteiger partial charge < -0.3 is 10.2 Å². The van der Waals surface area contributed by atoms with Crippen LogP contribution in [0.5, 0.6) is 0 Å². The first-order valence-corrected chi connectivity index (χ1v) is 9.48. The Hall–Kier alpha value is -1.49. The van der Waals surface area contributed by atoms with E-state index in [1.807, 2.05) is 45.0 Å². The van der Waals surface area contributed by atoms with Crippen molar-refractivity contribution in [3.63, 3.8) is 0 Å². The predicted molar refractivity (Wildman–Crippen MR) is 100 cm³/mol. The fraction of sp³-hybridized carbons (Fsp3) is 0.579. The number of benzene rings is 1. The van der Waals surface area contributed by atoms with Crippen molar-refractivity contribution in [3.8, 4) is 0 Å². The standard InChI is InChI=1S/C19H28N2O2S/c1-12(2)20-16(22)15-11-24-18(19(4,5)6)21(15)17(23)14-10-8-7-9-13(14)3/h7-10,12,15,18H,11H2,1-6H3,(H,20,22)/t15-,18+/m1/s1. The molecule has 24 heavy (non-hydrogen) atoms. The van der Waals surface area contributed by atoms with Gasteiger partial charge in [0.25, 0.3) is 5.91 Å². The van der Waals surface area contributed by atoms with Crippen LogP contribution in [0.15, 0.2) is 24.3 Å². The number of hydrogen-bond donors (Lipinski definition) is 1. The van der Waals surface area contributed by atoms with Crippen LogP contribution in [-0.4, -0.2) is 39.9 Å². The highest BCUT2D eigenvalue weighted by Crippen LogP contribution is 2.41. The highest BCUT2D eigenvalue weighted by molar-refractivity contribution is 8.00. The molecule has 0 unspecified atom stereocenters. The molecule has 1 fully saturated rings. The van der Waals surface area contributed by atoms with Crippen LogP contribution in [0.25, 0.3) is 0 Å². The maximum absolute atomic E-state index is 13.3. The lowest BCUT2D eigenvalue weighted by Gasteiger charge is -2.37. The van der Waals surface area contributed by atoms with Crippen molar-refractivity contribution in [2.45, 2.75) is 59.0 Å². The maximum atomic E-state index is 13.3. The summed E-state index contributed by atoms with van der Waals surface area (Å²) >= 11 is 1.69. The van der Waals surface area contributed by atoms with E-state index in [9.17, 15) is 9.59 Å². The minimum Gasteiger partial charge on any atom is -0.352 e. The van der Waals surface area contributed by atoms with Gasteiger partial charge in [0.1, 0.15) is 6.04 Å². The van der Waals surface area contributed by atoms with Gasteiger partial charge in [-0.3, -0.25) is 9.59 Å². The highest BCUT2D eigenvalue weighted by Gasteiger charge is 2.46. The molecule has 4 nitrogen and oxygen atoms in total. The predicted octanol–water partition coefficient (Wildman–Crippen LogP) is 3.45. The molecule has 132 valence electrons. The molecule has 1 saturated heterocycles. The van der Waals surface area contributed by atoms with Gasteiger partial charge in [0.2, 0.25) is 5.91 Å². The zero-order valence-corrected chi connectivity index (χ0v) is 16.2. The molecule has 0 spiro atoms. The maximum Gasteiger partial charge on any atom is 0.255 e. The summed E-state index contributed by atoms with van der Waals surface area (Å²) in [4.78, 5) is 27.7. The molecule has 0 radical (unpaired) electrons. The summed E-state index contributed by atoms with van der Waals surface area (Å²) in [7, 11) is 0. The molecule has 2 atom stereocenters. The van der Waals surface area contributed by atoms with E-state index in [-0.39, 0.29) is 28.6 Å². The molecule has 2 amide bonds. The van der Waals surface area contributed by atoms with E-state index in [4.69, 9.17) is 0 Å². The van der Waals surface area contributed by atoms with Crippen LogP contribution in [0.1, 0.15) is 50.5 Å². The first-order valence-electron chi connectivity index (χ1n) is 8.43. The first kappa shape index (κ1) is 18.8. The summed E-state index contributed by atoms with van der Waals surface area (Å²) in [5.41, 5.74) is 1.52. The zero-order chi connectivity index (χ0) is 18.1. The van der Waals surface area contributed by atoms with E-state index in [1.165, 1.54) is 0 Å². The number of carbonyl (C=O) groups excluding carboxylic acids is 2. The third-order valence-corrected chi connectivity index (χ3v) is 5.84. The van der Waals surface area contributed by atoms with Crippen molar-refractivity contribution >= 4 is 23.6 Å². The molecule has 2 rings (SSSR count). The molecule has 1 N–H and O–H groups in total. The molecule has 0 bridgehead atoms. The molecule has 1 heterocycles. The molecule has 5 heteroatoms. The Morgan fingerprint density at radius 2 is 1.88 bits per heavy atom. The number of rotatable bonds is 3. The lowest BCUT2D eigenvalue weighted by molar-refractivity contribution is -0.125. The van der Waals surface area contributed by atoms with Crippen LogP contribution in [0.3, 0.4) is 0 Å². The number of nitrogens with zero attached hydrogens (tertiary/aromatic N) is 1. The summed E-state index contributed by atoms with van der Waals surface area (Å²) in [6.07, 6.45) is 0. The van der Waals surface area contributed by atoms with Crippen LogP contribution in [0, 0.1) is 12.3 Å². The number of thioether (sulfide) groups is 1. The van der Waals surface area contributed by atoms with Crippen LogP contribution < -0.4 is 5.32 Å². The van der Waals surface area contributed by atoms with Gasteiger partial charge in [-0.15, -0.1) is 11.8 Å². The Bertz CT molecular complexity index is 622. The number of hydrogen-bond acceptors (Lipinski definition) is 3. The minimum absolute atomic E-state index is 0.0208. The summed E-state index contributed by atoms with van der Waals surface area (Å²) in [6, 6.07) is 7.22. The van der Waals surface area contributed by atoms with Crippen molar-refractivity contribution in [1.29, 1.82) is 0 Å². The monoisotopic (exact) mass is 348 g/mol. The zero-order valence-electron chi connectivity index (χ0n) is 15.4. The van der Waals surface area contributed by atoms with Gasteiger partial charge in [0.05, 0.1) is 5.37 Å². The Labute approximate surface area is 149 Å². The van der Waals surface area contributed by atoms with Crippen LogP contribution in [-0.2, 0) is 4.79 Å². The largest absolute Gasteiger partial charge is 0.352 e. The fourth-order valence-corrected chi connectivity index (χ4v) is 4.54. The molecule has 0 aliphatic carbocycles. The summed E-state index contributed by atoms with van der Waals surface area (Å²) < 4.78 is 0. The van der Waals surface area contributed by atoms with E-state index in [2.05, 4.69) is 26.1 Å². The van der Waals surface area contributed by atoms with Crippen molar-refractivity contribution < 1.29 is 9.59 Å². The minimum atomic E-state index is -0.422. The summed E-state index contributed by atoms with van der Waals surface area (Å²) in [5, 5.41) is 2.94. The van der Waals surface area contributed by atoms with Gasteiger partial charge in [-0.25, -0.2) is 0 Å². The number of amides is 2. The topological polar surface area (TPSA) is 49.4 Å². The Kier molecular flexibility index (Phi) is 5.63. The molecular formula is C19H28N2O2S. The molecule has 1 aromatic rings. The lowest BCUT2D eigenvalue weighted by Crippen LogP contribution is -2.53. The first-order chi connectivity index (χ1) is 11.1. The molecule has 1 aliphatic heterocycles. The van der Waals surface area contributed by atoms with Crippen molar-refractivity contribution in [2.75, 3.05) is 5.75 Å². The molecule has 0 aromatic heterocycles. The number of carbonyl (C=O) groups is 2. The molecule has 0 saturated carbocycles. The third kappa shape index (κ3) is 3.94. The van der Waals surface area contributed by atoms with E-state index in [0.717, 1.165) is 5.56 Å². The van der Waals surface area contributed by atoms with Gasteiger partial charge in [-0.05, 0) is 37.8 Å². The molecule has 1 aliphatic rings. The Balaban J connectivity index is 2.38. The van der Waals surface area contributed by atoms with Gasteiger partial charge in [0, 0.05) is 17.4 Å². The van der Waals surface area contributed by atoms with Gasteiger partial charge >= 0.3 is 0 Å². The van der Waals surface area contributed by atoms with E-state index in [0.29, 0.717) is 11.3 Å². The van der Waals surface area contributed by atoms with Crippen LogP contribution in [0.4, 0.5) is 0 Å². The second-order valence-electron chi connectivity index (χ2n) is 7.76. The number of aryl methyl sites for hydroxylation is 1. The van der Waals surface area contributed by atoms with Crippen LogP contribution >= 0.6 is 11.8 Å². The molecule has 1 aromatic carbocycles. The second-order valence-corrected chi connectivity index (χ2v) is 8.87. The van der Waals surface area contributed by atoms with Crippen molar-refractivity contribution in [2.24, 2.45) is 5.41 Å².